The lowest BCUT2D eigenvalue weighted by Crippen LogP contribution is -2.65. The molecule has 0 aromatic heterocycles. The molecule has 4 rings (SSSR count). The molecule has 1 aromatic carbocycles. The van der Waals surface area contributed by atoms with E-state index >= 15 is 0 Å². The molecule has 3 aliphatic rings. The van der Waals surface area contributed by atoms with E-state index in [2.05, 4.69) is 38.1 Å². The molecule has 1 heteroatoms. The SMILES string of the molecule is CC(C)c1ccccc1C12CC(CCl)(C1)C2. The van der Waals surface area contributed by atoms with Crippen molar-refractivity contribution in [2.45, 2.75) is 44.4 Å². The Morgan fingerprint density at radius 2 is 1.81 bits per heavy atom. The fourth-order valence-corrected chi connectivity index (χ4v) is 4.19. The largest absolute Gasteiger partial charge is 0.126 e. The molecule has 0 aliphatic heterocycles. The Morgan fingerprint density at radius 1 is 1.19 bits per heavy atom. The third-order valence-electron chi connectivity index (χ3n) is 4.58. The number of halogens is 1. The number of hydrogen-bond acceptors (Lipinski definition) is 0. The highest BCUT2D eigenvalue weighted by atomic mass is 35.5. The van der Waals surface area contributed by atoms with E-state index in [1.807, 2.05) is 0 Å². The molecule has 0 N–H and O–H groups in total. The third kappa shape index (κ3) is 1.23. The molecule has 0 amide bonds. The van der Waals surface area contributed by atoms with E-state index in [0.29, 0.717) is 16.7 Å². The molecule has 86 valence electrons. The highest BCUT2D eigenvalue weighted by Crippen LogP contribution is 2.74. The molecular weight excluding hydrogens is 216 g/mol. The van der Waals surface area contributed by atoms with Gasteiger partial charge >= 0.3 is 0 Å². The summed E-state index contributed by atoms with van der Waals surface area (Å²) in [6, 6.07) is 9.00. The molecule has 0 saturated heterocycles. The van der Waals surface area contributed by atoms with Crippen LogP contribution >= 0.6 is 11.6 Å². The topological polar surface area (TPSA) is 0 Å². The first-order valence-corrected chi connectivity index (χ1v) is 6.80. The van der Waals surface area contributed by atoms with Crippen LogP contribution in [0.5, 0.6) is 0 Å². The molecular formula is C15H19Cl. The van der Waals surface area contributed by atoms with Crippen molar-refractivity contribution >= 4 is 11.6 Å². The second-order valence-corrected chi connectivity index (χ2v) is 6.45. The van der Waals surface area contributed by atoms with Crippen molar-refractivity contribution in [2.24, 2.45) is 5.41 Å². The molecule has 3 saturated carbocycles. The van der Waals surface area contributed by atoms with Gasteiger partial charge < -0.3 is 0 Å². The average molecular weight is 235 g/mol. The summed E-state index contributed by atoms with van der Waals surface area (Å²) >= 11 is 6.03. The molecule has 3 fully saturated rings. The minimum Gasteiger partial charge on any atom is -0.126 e. The Hall–Kier alpha value is -0.490. The van der Waals surface area contributed by atoms with Gasteiger partial charge in [0.15, 0.2) is 0 Å². The smallest absolute Gasteiger partial charge is 0.0280 e. The highest BCUT2D eigenvalue weighted by molar-refractivity contribution is 6.18. The molecule has 0 heterocycles. The zero-order valence-electron chi connectivity index (χ0n) is 10.1. The van der Waals surface area contributed by atoms with E-state index in [1.54, 1.807) is 11.1 Å². The fraction of sp³-hybridized carbons (Fsp3) is 0.600. The molecule has 0 atom stereocenters. The van der Waals surface area contributed by atoms with Crippen LogP contribution in [0.1, 0.15) is 50.2 Å². The number of alkyl halides is 1. The van der Waals surface area contributed by atoms with Crippen molar-refractivity contribution in [2.75, 3.05) is 5.88 Å². The molecule has 3 aliphatic carbocycles. The summed E-state index contributed by atoms with van der Waals surface area (Å²) in [6.07, 6.45) is 3.98. The maximum Gasteiger partial charge on any atom is 0.0280 e. The standard InChI is InChI=1S/C15H19Cl/c1-11(2)12-5-3-4-6-13(12)15-7-14(8-15,9-15)10-16/h3-6,11H,7-10H2,1-2H3. The van der Waals surface area contributed by atoms with Gasteiger partial charge in [-0.15, -0.1) is 11.6 Å². The van der Waals surface area contributed by atoms with Gasteiger partial charge in [0.05, 0.1) is 0 Å². The molecule has 16 heavy (non-hydrogen) atoms. The van der Waals surface area contributed by atoms with Crippen molar-refractivity contribution in [3.05, 3.63) is 35.4 Å². The summed E-state index contributed by atoms with van der Waals surface area (Å²) in [6.45, 7) is 4.59. The monoisotopic (exact) mass is 234 g/mol. The zero-order valence-corrected chi connectivity index (χ0v) is 10.8. The number of hydrogen-bond donors (Lipinski definition) is 0. The second kappa shape index (κ2) is 3.26. The summed E-state index contributed by atoms with van der Waals surface area (Å²) in [7, 11) is 0. The van der Waals surface area contributed by atoms with Crippen LogP contribution in [0.3, 0.4) is 0 Å². The van der Waals surface area contributed by atoms with Crippen LogP contribution in [0.2, 0.25) is 0 Å². The van der Waals surface area contributed by atoms with Gasteiger partial charge in [0, 0.05) is 5.88 Å². The first-order valence-electron chi connectivity index (χ1n) is 6.26. The fourth-order valence-electron chi connectivity index (χ4n) is 3.91. The van der Waals surface area contributed by atoms with E-state index in [1.165, 1.54) is 19.3 Å². The van der Waals surface area contributed by atoms with Gasteiger partial charge in [-0.1, -0.05) is 38.1 Å². The quantitative estimate of drug-likeness (QED) is 0.677. The predicted molar refractivity (Wildman–Crippen MR) is 69.2 cm³/mol. The zero-order chi connectivity index (χ0) is 11.4. The minimum absolute atomic E-state index is 0.510. The summed E-state index contributed by atoms with van der Waals surface area (Å²) in [5.41, 5.74) is 4.18. The van der Waals surface area contributed by atoms with E-state index in [-0.39, 0.29) is 0 Å². The molecule has 0 spiro atoms. The van der Waals surface area contributed by atoms with Gasteiger partial charge in [0.1, 0.15) is 0 Å². The Balaban J connectivity index is 1.92. The molecule has 2 bridgehead atoms. The van der Waals surface area contributed by atoms with Gasteiger partial charge in [0.25, 0.3) is 0 Å². The average Bonchev–Trinajstić information content (AvgIpc) is 2.15. The van der Waals surface area contributed by atoms with Gasteiger partial charge in [-0.25, -0.2) is 0 Å². The van der Waals surface area contributed by atoms with Gasteiger partial charge in [-0.05, 0) is 47.1 Å². The summed E-state index contributed by atoms with van der Waals surface area (Å²) < 4.78 is 0. The van der Waals surface area contributed by atoms with Crippen LogP contribution in [0, 0.1) is 5.41 Å². The van der Waals surface area contributed by atoms with Crippen molar-refractivity contribution in [3.63, 3.8) is 0 Å². The maximum absolute atomic E-state index is 6.03. The Kier molecular flexibility index (Phi) is 2.17. The first kappa shape index (κ1) is 10.7. The lowest BCUT2D eigenvalue weighted by molar-refractivity contribution is -0.123. The van der Waals surface area contributed by atoms with Crippen LogP contribution in [0.15, 0.2) is 24.3 Å². The predicted octanol–water partition coefficient (Wildman–Crippen LogP) is 4.47. The van der Waals surface area contributed by atoms with E-state index in [9.17, 15) is 0 Å². The van der Waals surface area contributed by atoms with E-state index in [4.69, 9.17) is 11.6 Å². The van der Waals surface area contributed by atoms with Gasteiger partial charge in [-0.2, -0.15) is 0 Å². The Labute approximate surface area is 103 Å². The van der Waals surface area contributed by atoms with Crippen LogP contribution in [0.4, 0.5) is 0 Å². The van der Waals surface area contributed by atoms with Crippen LogP contribution in [-0.4, -0.2) is 5.88 Å². The van der Waals surface area contributed by atoms with Gasteiger partial charge in [0.2, 0.25) is 0 Å². The van der Waals surface area contributed by atoms with Crippen LogP contribution < -0.4 is 0 Å². The van der Waals surface area contributed by atoms with Gasteiger partial charge in [-0.3, -0.25) is 0 Å². The Bertz CT molecular complexity index is 399. The molecule has 0 nitrogen and oxygen atoms in total. The molecule has 0 radical (unpaired) electrons. The molecule has 1 aromatic rings. The van der Waals surface area contributed by atoms with Crippen molar-refractivity contribution in [3.8, 4) is 0 Å². The van der Waals surface area contributed by atoms with Crippen LogP contribution in [-0.2, 0) is 5.41 Å². The third-order valence-corrected chi connectivity index (χ3v) is 5.14. The van der Waals surface area contributed by atoms with E-state index < -0.39 is 0 Å². The lowest BCUT2D eigenvalue weighted by atomic mass is 9.34. The summed E-state index contributed by atoms with van der Waals surface area (Å²) in [5, 5.41) is 0. The van der Waals surface area contributed by atoms with E-state index in [0.717, 1.165) is 5.88 Å². The number of benzene rings is 1. The van der Waals surface area contributed by atoms with Crippen molar-refractivity contribution in [1.82, 2.24) is 0 Å². The Morgan fingerprint density at radius 3 is 2.38 bits per heavy atom. The minimum atomic E-state index is 0.510. The lowest BCUT2D eigenvalue weighted by Gasteiger charge is -2.71. The van der Waals surface area contributed by atoms with Crippen molar-refractivity contribution in [1.29, 1.82) is 0 Å². The summed E-state index contributed by atoms with van der Waals surface area (Å²) in [4.78, 5) is 0. The first-order chi connectivity index (χ1) is 7.61. The highest BCUT2D eigenvalue weighted by Gasteiger charge is 2.67. The second-order valence-electron chi connectivity index (χ2n) is 6.19. The summed E-state index contributed by atoms with van der Waals surface area (Å²) in [5.74, 6) is 1.50. The normalized spacial score (nSPS) is 35.8. The number of rotatable bonds is 3. The van der Waals surface area contributed by atoms with Crippen molar-refractivity contribution < 1.29 is 0 Å². The maximum atomic E-state index is 6.03. The van der Waals surface area contributed by atoms with Crippen LogP contribution in [0.25, 0.3) is 0 Å². The molecule has 0 unspecified atom stereocenters.